The van der Waals surface area contributed by atoms with Crippen LogP contribution in [0.1, 0.15) is 39.0 Å². The van der Waals surface area contributed by atoms with Crippen LogP contribution in [0, 0.1) is 11.8 Å². The Labute approximate surface area is 115 Å². The Hall–Kier alpha value is -1.10. The molecule has 0 spiro atoms. The third kappa shape index (κ3) is 4.49. The number of rotatable bonds is 6. The largest absolute Gasteiger partial charge is 0.358 e. The molecular weight excluding hydrogens is 242 g/mol. The maximum atomic E-state index is 12.6. The molecule has 0 aromatic heterocycles. The van der Waals surface area contributed by atoms with Gasteiger partial charge in [-0.2, -0.15) is 0 Å². The fourth-order valence-electron chi connectivity index (χ4n) is 2.84. The highest BCUT2D eigenvalue weighted by atomic mass is 16.2. The monoisotopic (exact) mass is 269 g/mol. The summed E-state index contributed by atoms with van der Waals surface area (Å²) in [5.74, 6) is 0.294. The maximum Gasteiger partial charge on any atom is 0.239 e. The molecule has 110 valence electrons. The van der Waals surface area contributed by atoms with Gasteiger partial charge in [-0.05, 0) is 31.7 Å². The summed E-state index contributed by atoms with van der Waals surface area (Å²) in [6.45, 7) is 3.39. The molecule has 5 heteroatoms. The summed E-state index contributed by atoms with van der Waals surface area (Å²) in [6.07, 6.45) is 5.06. The molecule has 2 unspecified atom stereocenters. The molecule has 1 aliphatic rings. The van der Waals surface area contributed by atoms with Crippen molar-refractivity contribution < 1.29 is 9.59 Å². The summed E-state index contributed by atoms with van der Waals surface area (Å²) >= 11 is 0. The summed E-state index contributed by atoms with van der Waals surface area (Å²) in [5, 5.41) is 2.58. The van der Waals surface area contributed by atoms with Crippen LogP contribution in [0.4, 0.5) is 0 Å². The molecule has 1 aliphatic carbocycles. The number of carbonyl (C=O) groups excluding carboxylic acids is 2. The first-order chi connectivity index (χ1) is 9.13. The molecule has 1 saturated carbocycles. The first-order valence-corrected chi connectivity index (χ1v) is 7.33. The number of likely N-dealkylation sites (N-methyl/N-ethyl adjacent to an activating group) is 1. The van der Waals surface area contributed by atoms with Gasteiger partial charge in [0, 0.05) is 19.5 Å². The Morgan fingerprint density at radius 2 is 2.00 bits per heavy atom. The van der Waals surface area contributed by atoms with E-state index in [1.807, 2.05) is 6.92 Å². The van der Waals surface area contributed by atoms with Crippen LogP contribution in [0.25, 0.3) is 0 Å². The number of carbonyl (C=O) groups is 2. The van der Waals surface area contributed by atoms with Gasteiger partial charge >= 0.3 is 0 Å². The highest BCUT2D eigenvalue weighted by Crippen LogP contribution is 2.30. The average Bonchev–Trinajstić information content (AvgIpc) is 2.45. The minimum atomic E-state index is -0.109. The SMILES string of the molecule is CCCN(CC(=O)NC)C(=O)C1CCCCC1CN. The van der Waals surface area contributed by atoms with Gasteiger partial charge < -0.3 is 16.0 Å². The number of nitrogens with one attached hydrogen (secondary N) is 1. The van der Waals surface area contributed by atoms with Gasteiger partial charge in [0.1, 0.15) is 0 Å². The standard InChI is InChI=1S/C14H27N3O2/c1-3-8-17(10-13(18)16-2)14(19)12-7-5-4-6-11(12)9-15/h11-12H,3-10,15H2,1-2H3,(H,16,18). The van der Waals surface area contributed by atoms with E-state index in [0.29, 0.717) is 13.1 Å². The molecule has 5 nitrogen and oxygen atoms in total. The predicted octanol–water partition coefficient (Wildman–Crippen LogP) is 0.736. The smallest absolute Gasteiger partial charge is 0.239 e. The van der Waals surface area contributed by atoms with Crippen LogP contribution in [0.2, 0.25) is 0 Å². The fourth-order valence-corrected chi connectivity index (χ4v) is 2.84. The van der Waals surface area contributed by atoms with Crippen molar-refractivity contribution in [2.24, 2.45) is 17.6 Å². The molecule has 2 amide bonds. The molecule has 1 fully saturated rings. The van der Waals surface area contributed by atoms with E-state index in [1.165, 1.54) is 0 Å². The van der Waals surface area contributed by atoms with Crippen LogP contribution in [0.5, 0.6) is 0 Å². The van der Waals surface area contributed by atoms with Crippen LogP contribution in [0.15, 0.2) is 0 Å². The van der Waals surface area contributed by atoms with Gasteiger partial charge in [-0.1, -0.05) is 19.8 Å². The molecule has 0 aliphatic heterocycles. The predicted molar refractivity (Wildman–Crippen MR) is 75.4 cm³/mol. The Bertz CT molecular complexity index is 307. The van der Waals surface area contributed by atoms with Gasteiger partial charge in [0.15, 0.2) is 0 Å². The molecule has 3 N–H and O–H groups in total. The highest BCUT2D eigenvalue weighted by molar-refractivity contribution is 5.86. The fraction of sp³-hybridized carbons (Fsp3) is 0.857. The molecule has 2 atom stereocenters. The molecule has 0 radical (unpaired) electrons. The van der Waals surface area contributed by atoms with Crippen LogP contribution in [-0.2, 0) is 9.59 Å². The number of nitrogens with zero attached hydrogens (tertiary/aromatic N) is 1. The second-order valence-corrected chi connectivity index (χ2v) is 5.32. The first-order valence-electron chi connectivity index (χ1n) is 7.33. The van der Waals surface area contributed by atoms with Gasteiger partial charge in [0.2, 0.25) is 11.8 Å². The lowest BCUT2D eigenvalue weighted by molar-refractivity contribution is -0.141. The van der Waals surface area contributed by atoms with Crippen LogP contribution < -0.4 is 11.1 Å². The van der Waals surface area contributed by atoms with Crippen molar-refractivity contribution in [3.8, 4) is 0 Å². The summed E-state index contributed by atoms with van der Waals surface area (Å²) in [4.78, 5) is 25.8. The van der Waals surface area contributed by atoms with Crippen LogP contribution in [0.3, 0.4) is 0 Å². The molecule has 0 heterocycles. The second kappa shape index (κ2) is 8.15. The number of hydrogen-bond acceptors (Lipinski definition) is 3. The van der Waals surface area contributed by atoms with E-state index in [0.717, 1.165) is 32.1 Å². The third-order valence-corrected chi connectivity index (χ3v) is 3.95. The lowest BCUT2D eigenvalue weighted by atomic mass is 9.78. The van der Waals surface area contributed by atoms with Crippen molar-refractivity contribution in [3.05, 3.63) is 0 Å². The van der Waals surface area contributed by atoms with Crippen LogP contribution >= 0.6 is 0 Å². The summed E-state index contributed by atoms with van der Waals surface area (Å²) in [7, 11) is 1.60. The maximum absolute atomic E-state index is 12.6. The quantitative estimate of drug-likeness (QED) is 0.746. The van der Waals surface area contributed by atoms with E-state index >= 15 is 0 Å². The Balaban J connectivity index is 2.70. The van der Waals surface area contributed by atoms with Crippen molar-refractivity contribution in [1.29, 1.82) is 0 Å². The summed E-state index contributed by atoms with van der Waals surface area (Å²) in [6, 6.07) is 0. The van der Waals surface area contributed by atoms with Crippen molar-refractivity contribution >= 4 is 11.8 Å². The normalized spacial score (nSPS) is 22.9. The second-order valence-electron chi connectivity index (χ2n) is 5.32. The van der Waals surface area contributed by atoms with E-state index in [4.69, 9.17) is 5.73 Å². The molecule has 0 aromatic carbocycles. The summed E-state index contributed by atoms with van der Waals surface area (Å²) in [5.41, 5.74) is 5.78. The average molecular weight is 269 g/mol. The van der Waals surface area contributed by atoms with E-state index in [-0.39, 0.29) is 30.2 Å². The minimum Gasteiger partial charge on any atom is -0.358 e. The van der Waals surface area contributed by atoms with Gasteiger partial charge in [0.05, 0.1) is 6.54 Å². The topological polar surface area (TPSA) is 75.4 Å². The number of hydrogen-bond donors (Lipinski definition) is 2. The zero-order valence-electron chi connectivity index (χ0n) is 12.2. The number of nitrogens with two attached hydrogens (primary N) is 1. The van der Waals surface area contributed by atoms with Gasteiger partial charge in [-0.3, -0.25) is 9.59 Å². The van der Waals surface area contributed by atoms with E-state index in [9.17, 15) is 9.59 Å². The van der Waals surface area contributed by atoms with Gasteiger partial charge in [-0.15, -0.1) is 0 Å². The van der Waals surface area contributed by atoms with Crippen molar-refractivity contribution in [3.63, 3.8) is 0 Å². The third-order valence-electron chi connectivity index (χ3n) is 3.95. The first kappa shape index (κ1) is 16.0. The zero-order chi connectivity index (χ0) is 14.3. The Morgan fingerprint density at radius 3 is 2.58 bits per heavy atom. The van der Waals surface area contributed by atoms with Crippen LogP contribution in [-0.4, -0.2) is 43.4 Å². The van der Waals surface area contributed by atoms with E-state index < -0.39 is 0 Å². The van der Waals surface area contributed by atoms with Crippen molar-refractivity contribution in [1.82, 2.24) is 10.2 Å². The van der Waals surface area contributed by atoms with Gasteiger partial charge in [0.25, 0.3) is 0 Å². The lowest BCUT2D eigenvalue weighted by Crippen LogP contribution is -2.46. The Kier molecular flexibility index (Phi) is 6.84. The van der Waals surface area contributed by atoms with Crippen molar-refractivity contribution in [2.75, 3.05) is 26.7 Å². The van der Waals surface area contributed by atoms with Crippen molar-refractivity contribution in [2.45, 2.75) is 39.0 Å². The zero-order valence-corrected chi connectivity index (χ0v) is 12.2. The molecule has 1 rings (SSSR count). The Morgan fingerprint density at radius 1 is 1.32 bits per heavy atom. The van der Waals surface area contributed by atoms with Gasteiger partial charge in [-0.25, -0.2) is 0 Å². The molecule has 0 aromatic rings. The van der Waals surface area contributed by atoms with E-state index in [1.54, 1.807) is 11.9 Å². The minimum absolute atomic E-state index is 0.00922. The van der Waals surface area contributed by atoms with E-state index in [2.05, 4.69) is 5.32 Å². The lowest BCUT2D eigenvalue weighted by Gasteiger charge is -2.33. The summed E-state index contributed by atoms with van der Waals surface area (Å²) < 4.78 is 0. The highest BCUT2D eigenvalue weighted by Gasteiger charge is 2.33. The number of amides is 2. The molecule has 0 bridgehead atoms. The molecule has 0 saturated heterocycles. The molecule has 19 heavy (non-hydrogen) atoms. The molecular formula is C14H27N3O2.